The molecule has 3 aliphatic rings. The van der Waals surface area contributed by atoms with Crippen molar-refractivity contribution in [2.24, 2.45) is 0 Å². The Kier molecular flexibility index (Phi) is 13.1. The van der Waals surface area contributed by atoms with Gasteiger partial charge in [-0.25, -0.2) is 0 Å². The van der Waals surface area contributed by atoms with Crippen LogP contribution >= 0.6 is 69.6 Å². The van der Waals surface area contributed by atoms with Crippen LogP contribution in [0.25, 0.3) is 0 Å². The first kappa shape index (κ1) is 32.5. The molecular weight excluding hydrogens is 605 g/mol. The van der Waals surface area contributed by atoms with E-state index in [1.165, 1.54) is 0 Å². The number of aliphatic hydroxyl groups excluding tert-OH is 8. The van der Waals surface area contributed by atoms with Crippen molar-refractivity contribution in [2.45, 2.75) is 93.7 Å². The van der Waals surface area contributed by atoms with E-state index in [4.69, 9.17) is 88.9 Å². The number of alkyl halides is 6. The van der Waals surface area contributed by atoms with Gasteiger partial charge in [-0.2, -0.15) is 0 Å². The summed E-state index contributed by atoms with van der Waals surface area (Å²) in [6.45, 7) is -1.35. The monoisotopic (exact) mass is 630 g/mol. The summed E-state index contributed by atoms with van der Waals surface area (Å²) in [6, 6.07) is 0. The zero-order valence-electron chi connectivity index (χ0n) is 17.7. The van der Waals surface area contributed by atoms with Gasteiger partial charge in [0.15, 0.2) is 12.6 Å². The highest BCUT2D eigenvalue weighted by molar-refractivity contribution is 6.45. The summed E-state index contributed by atoms with van der Waals surface area (Å²) in [5, 5.41) is 73.9. The third kappa shape index (κ3) is 7.29. The van der Waals surface area contributed by atoms with E-state index < -0.39 is 107 Å². The van der Waals surface area contributed by atoms with Crippen molar-refractivity contribution in [2.75, 3.05) is 13.2 Å². The Balaban J connectivity index is 0.000000303. The minimum absolute atomic E-state index is 0.437. The fourth-order valence-electron chi connectivity index (χ4n) is 3.62. The summed E-state index contributed by atoms with van der Waals surface area (Å²) in [5.41, 5.74) is 0. The van der Waals surface area contributed by atoms with Gasteiger partial charge in [-0.05, 0) is 0 Å². The highest BCUT2D eigenvalue weighted by atomic mass is 35.5. The van der Waals surface area contributed by atoms with E-state index in [2.05, 4.69) is 0 Å². The van der Waals surface area contributed by atoms with Crippen molar-refractivity contribution < 1.29 is 55.1 Å². The minimum atomic E-state index is -1.74. The third-order valence-electron chi connectivity index (χ3n) is 5.80. The zero-order chi connectivity index (χ0) is 26.8. The molecule has 1 saturated carbocycles. The smallest absolute Gasteiger partial charge is 0.187 e. The molecule has 11 nitrogen and oxygen atoms in total. The Labute approximate surface area is 230 Å². The molecule has 3 fully saturated rings. The maximum absolute atomic E-state index is 9.94. The summed E-state index contributed by atoms with van der Waals surface area (Å²) < 4.78 is 15.3. The largest absolute Gasteiger partial charge is 0.394 e. The van der Waals surface area contributed by atoms with Crippen LogP contribution in [0.15, 0.2) is 0 Å². The first-order valence-electron chi connectivity index (χ1n) is 10.4. The van der Waals surface area contributed by atoms with Gasteiger partial charge in [-0.15, -0.1) is 69.6 Å². The van der Waals surface area contributed by atoms with E-state index in [0.717, 1.165) is 0 Å². The van der Waals surface area contributed by atoms with Gasteiger partial charge < -0.3 is 55.1 Å². The van der Waals surface area contributed by atoms with Crippen molar-refractivity contribution >= 4 is 69.6 Å². The Morgan fingerprint density at radius 1 is 0.514 bits per heavy atom. The van der Waals surface area contributed by atoms with E-state index in [1.807, 2.05) is 0 Å². The van der Waals surface area contributed by atoms with Gasteiger partial charge in [0.1, 0.15) is 48.8 Å². The molecular formula is C18H28Cl6O11. The summed E-state index contributed by atoms with van der Waals surface area (Å²) in [4.78, 5) is 0. The Bertz CT molecular complexity index is 596. The first-order valence-corrected chi connectivity index (χ1v) is 13.0. The van der Waals surface area contributed by atoms with Crippen LogP contribution in [0.1, 0.15) is 0 Å². The van der Waals surface area contributed by atoms with Crippen LogP contribution in [-0.2, 0) is 14.2 Å². The molecule has 10 atom stereocenters. The average molecular weight is 633 g/mol. The van der Waals surface area contributed by atoms with Crippen molar-refractivity contribution in [1.29, 1.82) is 0 Å². The number of rotatable bonds is 4. The third-order valence-corrected chi connectivity index (χ3v) is 9.84. The summed E-state index contributed by atoms with van der Waals surface area (Å²) >= 11 is 35.3. The fraction of sp³-hybridized carbons (Fsp3) is 1.00. The Morgan fingerprint density at radius 3 is 1.34 bits per heavy atom. The molecule has 35 heavy (non-hydrogen) atoms. The molecule has 0 spiro atoms. The molecule has 2 aliphatic heterocycles. The molecule has 17 heteroatoms. The second kappa shape index (κ2) is 14.1. The molecule has 8 N–H and O–H groups in total. The lowest BCUT2D eigenvalue weighted by Crippen LogP contribution is -2.64. The molecule has 0 bridgehead atoms. The lowest BCUT2D eigenvalue weighted by Gasteiger charge is -2.45. The van der Waals surface area contributed by atoms with E-state index >= 15 is 0 Å². The van der Waals surface area contributed by atoms with Gasteiger partial charge >= 0.3 is 0 Å². The van der Waals surface area contributed by atoms with Crippen LogP contribution < -0.4 is 0 Å². The van der Waals surface area contributed by atoms with Gasteiger partial charge in [0.2, 0.25) is 0 Å². The van der Waals surface area contributed by atoms with E-state index in [0.29, 0.717) is 0 Å². The topological polar surface area (TPSA) is 190 Å². The maximum Gasteiger partial charge on any atom is 0.187 e. The fourth-order valence-corrected chi connectivity index (χ4v) is 5.95. The predicted molar refractivity (Wildman–Crippen MR) is 126 cm³/mol. The molecule has 1 aliphatic carbocycles. The van der Waals surface area contributed by atoms with Crippen molar-refractivity contribution in [3.05, 3.63) is 0 Å². The SMILES string of the molecule is Cl[C@H]1[C@H](Cl)[C@@H](Cl)[C@@H](Cl)[C@H](Cl)[C@H]1Cl.OC[C@H]1O[C@H](O[C@H]2[C@H](O)[C@@H](O)[C@H](O)O[C@@H]2CO)[C@H](O)[C@@H](O)[C@@H]1O. The van der Waals surface area contributed by atoms with Gasteiger partial charge in [0.05, 0.1) is 45.5 Å². The van der Waals surface area contributed by atoms with Crippen LogP contribution in [0.5, 0.6) is 0 Å². The van der Waals surface area contributed by atoms with E-state index in [-0.39, 0.29) is 0 Å². The molecule has 0 unspecified atom stereocenters. The Hall–Kier alpha value is 1.30. The van der Waals surface area contributed by atoms with Crippen LogP contribution in [-0.4, -0.2) is 148 Å². The summed E-state index contributed by atoms with van der Waals surface area (Å²) in [6.07, 6.45) is -15.6. The molecule has 0 radical (unpaired) electrons. The van der Waals surface area contributed by atoms with Crippen molar-refractivity contribution in [1.82, 2.24) is 0 Å². The molecule has 2 heterocycles. The zero-order valence-corrected chi connectivity index (χ0v) is 22.3. The van der Waals surface area contributed by atoms with E-state index in [9.17, 15) is 35.7 Å². The molecule has 2 saturated heterocycles. The first-order chi connectivity index (χ1) is 16.3. The lowest BCUT2D eigenvalue weighted by atomic mass is 9.97. The molecule has 0 aromatic carbocycles. The quantitative estimate of drug-likeness (QED) is 0.164. The minimum Gasteiger partial charge on any atom is -0.394 e. The van der Waals surface area contributed by atoms with Crippen LogP contribution in [0.4, 0.5) is 0 Å². The Morgan fingerprint density at radius 2 is 0.943 bits per heavy atom. The average Bonchev–Trinajstić information content (AvgIpc) is 2.85. The maximum atomic E-state index is 9.94. The van der Waals surface area contributed by atoms with Gasteiger partial charge in [0.25, 0.3) is 0 Å². The predicted octanol–water partition coefficient (Wildman–Crippen LogP) is -1.75. The number of hydrogen-bond acceptors (Lipinski definition) is 11. The highest BCUT2D eigenvalue weighted by Gasteiger charge is 2.50. The van der Waals surface area contributed by atoms with Gasteiger partial charge in [-0.1, -0.05) is 0 Å². The number of halogens is 6. The van der Waals surface area contributed by atoms with Gasteiger partial charge in [-0.3, -0.25) is 0 Å². The second-order valence-corrected chi connectivity index (χ2v) is 11.2. The molecule has 0 aromatic rings. The number of ether oxygens (including phenoxy) is 3. The van der Waals surface area contributed by atoms with Crippen LogP contribution in [0.2, 0.25) is 0 Å². The van der Waals surface area contributed by atoms with E-state index in [1.54, 1.807) is 0 Å². The lowest BCUT2D eigenvalue weighted by molar-refractivity contribution is -0.355. The summed E-state index contributed by atoms with van der Waals surface area (Å²) in [7, 11) is 0. The van der Waals surface area contributed by atoms with Crippen molar-refractivity contribution in [3.8, 4) is 0 Å². The number of hydrogen-bond donors (Lipinski definition) is 8. The highest BCUT2D eigenvalue weighted by Crippen LogP contribution is 2.39. The van der Waals surface area contributed by atoms with Crippen LogP contribution in [0, 0.1) is 0 Å². The van der Waals surface area contributed by atoms with Crippen LogP contribution in [0.3, 0.4) is 0 Å². The number of aliphatic hydroxyl groups is 8. The standard InChI is InChI=1S/C12H22O11.C6H6Cl6/c13-1-3-5(15)6(16)9(19)12(22-3)23-10-4(2-14)21-11(20)8(18)7(10)17;7-1-2(8)4(10)6(12)5(11)3(1)9/h3-20H,1-2H2;1-6H/t3-,4-,5-,6+,7-,8-,9-,10-,11-,12-;1-,2-,3-,4+,5+,6+/m1./s1. The summed E-state index contributed by atoms with van der Waals surface area (Å²) in [5.74, 6) is 0. The molecule has 0 amide bonds. The molecule has 208 valence electrons. The second-order valence-electron chi connectivity index (χ2n) is 8.19. The molecule has 3 rings (SSSR count). The normalized spacial score (nSPS) is 53.0. The van der Waals surface area contributed by atoms with Crippen molar-refractivity contribution in [3.63, 3.8) is 0 Å². The molecule has 0 aromatic heterocycles. The van der Waals surface area contributed by atoms with Gasteiger partial charge in [0, 0.05) is 0 Å².